The number of carbonyl (C=O) groups is 1. The van der Waals surface area contributed by atoms with E-state index in [1.54, 1.807) is 54.6 Å². The topological polar surface area (TPSA) is 140 Å². The Hall–Kier alpha value is -3.71. The summed E-state index contributed by atoms with van der Waals surface area (Å²) in [5.74, 6) is -0.394. The predicted octanol–water partition coefficient (Wildman–Crippen LogP) is 3.74. The van der Waals surface area contributed by atoms with Crippen molar-refractivity contribution in [2.75, 3.05) is 17.3 Å². The highest BCUT2D eigenvalue weighted by Gasteiger charge is 2.19. The van der Waals surface area contributed by atoms with Crippen LogP contribution in [-0.2, 0) is 31.4 Å². The van der Waals surface area contributed by atoms with Gasteiger partial charge < -0.3 is 11.1 Å². The van der Waals surface area contributed by atoms with Crippen molar-refractivity contribution in [1.29, 1.82) is 0 Å². The number of nitrogens with two attached hydrogens (primary N) is 1. The third kappa shape index (κ3) is 6.74. The molecule has 4 aromatic rings. The zero-order valence-corrected chi connectivity index (χ0v) is 22.1. The van der Waals surface area contributed by atoms with E-state index in [0.717, 1.165) is 37.6 Å². The van der Waals surface area contributed by atoms with E-state index in [2.05, 4.69) is 10.0 Å². The SMILES string of the molecule is CS(=O)(=O)NCc1ccc(-c2ccc(S(=O)(=O)n3ccc(/C=C/C(=O)Nc4ccccc4N)c3)s2)cc1. The van der Waals surface area contributed by atoms with E-state index in [9.17, 15) is 21.6 Å². The molecule has 1 amide bonds. The first-order chi connectivity index (χ1) is 17.5. The molecule has 0 radical (unpaired) electrons. The van der Waals surface area contributed by atoms with Crippen molar-refractivity contribution in [2.45, 2.75) is 10.8 Å². The molecule has 0 fully saturated rings. The number of nitrogens with one attached hydrogen (secondary N) is 2. The fraction of sp³-hybridized carbons (Fsp3) is 0.0800. The Kier molecular flexibility index (Phi) is 7.64. The zero-order chi connectivity index (χ0) is 26.6. The number of nitrogens with zero attached hydrogens (tertiary/aromatic N) is 1. The van der Waals surface area contributed by atoms with E-state index in [1.165, 1.54) is 24.5 Å². The fourth-order valence-corrected chi connectivity index (χ4v) is 6.37. The second kappa shape index (κ2) is 10.7. The number of amides is 1. The number of nitrogen functional groups attached to an aromatic ring is 1. The number of hydrogen-bond acceptors (Lipinski definition) is 7. The summed E-state index contributed by atoms with van der Waals surface area (Å²) in [6, 6.07) is 18.9. The number of benzene rings is 2. The molecule has 9 nitrogen and oxygen atoms in total. The number of sulfonamides is 1. The van der Waals surface area contributed by atoms with Crippen LogP contribution in [0.5, 0.6) is 0 Å². The highest BCUT2D eigenvalue weighted by molar-refractivity contribution is 7.92. The summed E-state index contributed by atoms with van der Waals surface area (Å²) in [6.07, 6.45) is 6.76. The van der Waals surface area contributed by atoms with E-state index < -0.39 is 26.0 Å². The van der Waals surface area contributed by atoms with E-state index in [4.69, 9.17) is 5.73 Å². The van der Waals surface area contributed by atoms with Crippen molar-refractivity contribution in [3.63, 3.8) is 0 Å². The Bertz CT molecular complexity index is 1670. The second-order valence-corrected chi connectivity index (χ2v) is 13.1. The van der Waals surface area contributed by atoms with Gasteiger partial charge >= 0.3 is 0 Å². The molecule has 4 N–H and O–H groups in total. The highest BCUT2D eigenvalue weighted by atomic mass is 32.2. The summed E-state index contributed by atoms with van der Waals surface area (Å²) in [6.45, 7) is 0.176. The lowest BCUT2D eigenvalue weighted by Crippen LogP contribution is -2.21. The van der Waals surface area contributed by atoms with Crippen molar-refractivity contribution in [3.05, 3.63) is 96.3 Å². The summed E-state index contributed by atoms with van der Waals surface area (Å²) in [7, 11) is -7.11. The van der Waals surface area contributed by atoms with Crippen LogP contribution in [0.2, 0.25) is 0 Å². The van der Waals surface area contributed by atoms with Crippen molar-refractivity contribution in [1.82, 2.24) is 8.69 Å². The average Bonchev–Trinajstić information content (AvgIpc) is 3.54. The molecule has 0 aliphatic rings. The number of para-hydroxylation sites is 2. The van der Waals surface area contributed by atoms with Crippen LogP contribution in [-0.4, -0.2) is 33.0 Å². The van der Waals surface area contributed by atoms with Gasteiger partial charge in [-0.25, -0.2) is 17.1 Å². The number of carbonyl (C=O) groups excluding carboxylic acids is 1. The Labute approximate surface area is 219 Å². The van der Waals surface area contributed by atoms with Gasteiger partial charge in [0.2, 0.25) is 15.9 Å². The predicted molar refractivity (Wildman–Crippen MR) is 147 cm³/mol. The van der Waals surface area contributed by atoms with Crippen LogP contribution in [0.4, 0.5) is 11.4 Å². The molecule has 2 heterocycles. The molecule has 0 atom stereocenters. The van der Waals surface area contributed by atoms with E-state index in [0.29, 0.717) is 16.9 Å². The Morgan fingerprint density at radius 3 is 2.43 bits per heavy atom. The monoisotopic (exact) mass is 556 g/mol. The quantitative estimate of drug-likeness (QED) is 0.212. The standard InChI is InChI=1S/C25H24N4O5S3/c1-36(31,32)27-16-18-6-9-20(10-7-18)23-11-13-25(35-23)37(33,34)29-15-14-19(17-29)8-12-24(30)28-22-5-3-2-4-21(22)26/h2-15,17,27H,16,26H2,1H3,(H,28,30)/b12-8+. The molecule has 0 aliphatic heterocycles. The van der Waals surface area contributed by atoms with Crippen LogP contribution in [0.3, 0.4) is 0 Å². The Morgan fingerprint density at radius 1 is 1.00 bits per heavy atom. The van der Waals surface area contributed by atoms with Crippen molar-refractivity contribution < 1.29 is 21.6 Å². The van der Waals surface area contributed by atoms with Gasteiger partial charge in [0.1, 0.15) is 4.21 Å². The van der Waals surface area contributed by atoms with Gasteiger partial charge in [-0.15, -0.1) is 11.3 Å². The molecule has 12 heteroatoms. The van der Waals surface area contributed by atoms with Crippen LogP contribution >= 0.6 is 11.3 Å². The lowest BCUT2D eigenvalue weighted by molar-refractivity contribution is -0.111. The van der Waals surface area contributed by atoms with Crippen molar-refractivity contribution in [3.8, 4) is 10.4 Å². The molecular formula is C25H24N4O5S3. The third-order valence-corrected chi connectivity index (χ3v) is 9.13. The smallest absolute Gasteiger partial charge is 0.277 e. The van der Waals surface area contributed by atoms with Crippen LogP contribution in [0.25, 0.3) is 16.5 Å². The maximum atomic E-state index is 13.1. The molecule has 2 aromatic carbocycles. The van der Waals surface area contributed by atoms with Crippen LogP contribution in [0, 0.1) is 0 Å². The molecule has 0 spiro atoms. The number of rotatable bonds is 9. The molecule has 2 aromatic heterocycles. The summed E-state index contributed by atoms with van der Waals surface area (Å²) >= 11 is 1.13. The average molecular weight is 557 g/mol. The number of anilines is 2. The highest BCUT2D eigenvalue weighted by Crippen LogP contribution is 2.32. The molecule has 0 saturated carbocycles. The van der Waals surface area contributed by atoms with Gasteiger partial charge in [-0.3, -0.25) is 4.79 Å². The molecule has 0 aliphatic carbocycles. The normalized spacial score (nSPS) is 12.1. The summed E-state index contributed by atoms with van der Waals surface area (Å²) in [5.41, 5.74) is 8.89. The number of hydrogen-bond donors (Lipinski definition) is 3. The number of thiophene rings is 1. The van der Waals surface area contributed by atoms with E-state index in [1.807, 2.05) is 12.1 Å². The molecule has 4 rings (SSSR count). The Morgan fingerprint density at radius 2 is 1.73 bits per heavy atom. The first-order valence-corrected chi connectivity index (χ1v) is 15.1. The molecule has 0 unspecified atom stereocenters. The van der Waals surface area contributed by atoms with E-state index in [-0.39, 0.29) is 10.8 Å². The molecule has 0 bridgehead atoms. The fourth-order valence-electron chi connectivity index (χ4n) is 3.32. The molecular weight excluding hydrogens is 532 g/mol. The van der Waals surface area contributed by atoms with Crippen LogP contribution < -0.4 is 15.8 Å². The van der Waals surface area contributed by atoms with Crippen molar-refractivity contribution >= 4 is 54.7 Å². The lowest BCUT2D eigenvalue weighted by Gasteiger charge is -2.05. The molecule has 192 valence electrons. The largest absolute Gasteiger partial charge is 0.397 e. The van der Waals surface area contributed by atoms with Gasteiger partial charge in [-0.2, -0.15) is 8.42 Å². The van der Waals surface area contributed by atoms with Crippen LogP contribution in [0.15, 0.2) is 89.4 Å². The second-order valence-electron chi connectivity index (χ2n) is 8.10. The first kappa shape index (κ1) is 26.4. The minimum atomic E-state index is -3.82. The van der Waals surface area contributed by atoms with E-state index >= 15 is 0 Å². The molecule has 0 saturated heterocycles. The third-order valence-electron chi connectivity index (χ3n) is 5.23. The van der Waals surface area contributed by atoms with Gasteiger partial charge in [0, 0.05) is 29.9 Å². The Balaban J connectivity index is 1.44. The zero-order valence-electron chi connectivity index (χ0n) is 19.7. The summed E-state index contributed by atoms with van der Waals surface area (Å²) in [5, 5.41) is 2.67. The minimum Gasteiger partial charge on any atom is -0.397 e. The van der Waals surface area contributed by atoms with Gasteiger partial charge in [-0.05, 0) is 53.1 Å². The minimum absolute atomic E-state index is 0.161. The van der Waals surface area contributed by atoms with Gasteiger partial charge in [0.25, 0.3) is 10.0 Å². The summed E-state index contributed by atoms with van der Waals surface area (Å²) < 4.78 is 52.5. The first-order valence-electron chi connectivity index (χ1n) is 10.9. The summed E-state index contributed by atoms with van der Waals surface area (Å²) in [4.78, 5) is 12.9. The lowest BCUT2D eigenvalue weighted by atomic mass is 10.1. The maximum absolute atomic E-state index is 13.1. The van der Waals surface area contributed by atoms with Crippen molar-refractivity contribution in [2.24, 2.45) is 0 Å². The number of aromatic nitrogens is 1. The van der Waals surface area contributed by atoms with Gasteiger partial charge in [-0.1, -0.05) is 36.4 Å². The maximum Gasteiger partial charge on any atom is 0.277 e. The van der Waals surface area contributed by atoms with Crippen LogP contribution in [0.1, 0.15) is 11.1 Å². The van der Waals surface area contributed by atoms with Gasteiger partial charge in [0.15, 0.2) is 0 Å². The van der Waals surface area contributed by atoms with Gasteiger partial charge in [0.05, 0.1) is 17.6 Å². The molecule has 37 heavy (non-hydrogen) atoms.